The van der Waals surface area contributed by atoms with Crippen LogP contribution in [0, 0.1) is 0 Å². The van der Waals surface area contributed by atoms with E-state index in [1.807, 2.05) is 36.4 Å². The Morgan fingerprint density at radius 3 is 2.48 bits per heavy atom. The smallest absolute Gasteiger partial charge is 0.233 e. The largest absolute Gasteiger partial charge is 0.497 e. The van der Waals surface area contributed by atoms with E-state index < -0.39 is 0 Å². The number of morpholine rings is 1. The molecular formula is C24H32N6O3. The van der Waals surface area contributed by atoms with E-state index in [2.05, 4.69) is 38.7 Å². The van der Waals surface area contributed by atoms with Crippen LogP contribution >= 0.6 is 0 Å². The monoisotopic (exact) mass is 452 g/mol. The fraction of sp³-hybridized carbons (Fsp3) is 0.458. The van der Waals surface area contributed by atoms with Crippen LogP contribution in [0.3, 0.4) is 0 Å². The van der Waals surface area contributed by atoms with E-state index in [1.165, 1.54) is 0 Å². The third kappa shape index (κ3) is 5.61. The topological polar surface area (TPSA) is 80.0 Å². The molecule has 1 saturated heterocycles. The van der Waals surface area contributed by atoms with Crippen LogP contribution in [0.4, 0.5) is 17.7 Å². The Bertz CT molecular complexity index is 999. The van der Waals surface area contributed by atoms with E-state index >= 15 is 0 Å². The van der Waals surface area contributed by atoms with Gasteiger partial charge in [0, 0.05) is 44.0 Å². The molecule has 0 bridgehead atoms. The summed E-state index contributed by atoms with van der Waals surface area (Å²) in [6.45, 7) is 10.9. The third-order valence-electron chi connectivity index (χ3n) is 5.88. The van der Waals surface area contributed by atoms with E-state index in [0.717, 1.165) is 62.1 Å². The SMILES string of the molecule is CCN(CC)CCN(c1ccnc(N2CCOCC2)n1)c1cc(-c2ccc(OC)cc2)no1. The first kappa shape index (κ1) is 23.0. The molecule has 33 heavy (non-hydrogen) atoms. The van der Waals surface area contributed by atoms with Gasteiger partial charge in [-0.25, -0.2) is 4.98 Å². The van der Waals surface area contributed by atoms with Gasteiger partial charge >= 0.3 is 0 Å². The molecule has 176 valence electrons. The standard InChI is InChI=1S/C24H32N6O3/c1-4-28(5-2)12-13-30(22-10-11-25-24(26-22)29-14-16-32-17-15-29)23-18-21(27-33-23)19-6-8-20(31-3)9-7-19/h6-11,18H,4-5,12-17H2,1-3H3. The van der Waals surface area contributed by atoms with Gasteiger partial charge < -0.3 is 23.8 Å². The summed E-state index contributed by atoms with van der Waals surface area (Å²) < 4.78 is 16.5. The van der Waals surface area contributed by atoms with Gasteiger partial charge in [-0.2, -0.15) is 4.98 Å². The van der Waals surface area contributed by atoms with Crippen LogP contribution in [0.5, 0.6) is 5.75 Å². The fourth-order valence-corrected chi connectivity index (χ4v) is 3.81. The van der Waals surface area contributed by atoms with Crippen molar-refractivity contribution < 1.29 is 14.0 Å². The van der Waals surface area contributed by atoms with Gasteiger partial charge in [0.15, 0.2) is 0 Å². The van der Waals surface area contributed by atoms with Gasteiger partial charge in [-0.15, -0.1) is 0 Å². The molecule has 1 aromatic carbocycles. The molecule has 0 radical (unpaired) electrons. The molecule has 0 spiro atoms. The lowest BCUT2D eigenvalue weighted by Crippen LogP contribution is -2.38. The third-order valence-corrected chi connectivity index (χ3v) is 5.88. The van der Waals surface area contributed by atoms with Crippen molar-refractivity contribution in [2.24, 2.45) is 0 Å². The number of hydrogen-bond acceptors (Lipinski definition) is 9. The number of hydrogen-bond donors (Lipinski definition) is 0. The fourth-order valence-electron chi connectivity index (χ4n) is 3.81. The van der Waals surface area contributed by atoms with Crippen LogP contribution in [0.25, 0.3) is 11.3 Å². The van der Waals surface area contributed by atoms with Crippen molar-refractivity contribution in [3.05, 3.63) is 42.6 Å². The van der Waals surface area contributed by atoms with Crippen molar-refractivity contribution in [3.63, 3.8) is 0 Å². The summed E-state index contributed by atoms with van der Waals surface area (Å²) in [5, 5.41) is 4.33. The predicted octanol–water partition coefficient (Wildman–Crippen LogP) is 3.46. The number of anilines is 3. The lowest BCUT2D eigenvalue weighted by Gasteiger charge is -2.28. The lowest BCUT2D eigenvalue weighted by molar-refractivity contribution is 0.122. The van der Waals surface area contributed by atoms with Crippen LogP contribution in [0.1, 0.15) is 13.8 Å². The number of methoxy groups -OCH3 is 1. The van der Waals surface area contributed by atoms with E-state index in [4.69, 9.17) is 19.0 Å². The highest BCUT2D eigenvalue weighted by Crippen LogP contribution is 2.30. The van der Waals surface area contributed by atoms with Gasteiger partial charge in [-0.1, -0.05) is 19.0 Å². The molecule has 0 N–H and O–H groups in total. The van der Waals surface area contributed by atoms with Gasteiger partial charge in [-0.3, -0.25) is 4.90 Å². The maximum Gasteiger partial charge on any atom is 0.233 e. The maximum atomic E-state index is 5.81. The molecular weight excluding hydrogens is 420 g/mol. The Kier molecular flexibility index (Phi) is 7.74. The zero-order valence-corrected chi connectivity index (χ0v) is 19.6. The Labute approximate surface area is 194 Å². The molecule has 1 aliphatic rings. The van der Waals surface area contributed by atoms with E-state index in [1.54, 1.807) is 13.3 Å². The molecule has 9 nitrogen and oxygen atoms in total. The molecule has 9 heteroatoms. The van der Waals surface area contributed by atoms with Crippen molar-refractivity contribution in [2.45, 2.75) is 13.8 Å². The van der Waals surface area contributed by atoms with Gasteiger partial charge in [0.2, 0.25) is 11.8 Å². The van der Waals surface area contributed by atoms with Crippen LogP contribution in [0.2, 0.25) is 0 Å². The van der Waals surface area contributed by atoms with Crippen LogP contribution in [-0.2, 0) is 4.74 Å². The molecule has 0 aliphatic carbocycles. The maximum absolute atomic E-state index is 5.81. The average molecular weight is 453 g/mol. The Hall–Kier alpha value is -3.17. The summed E-state index contributed by atoms with van der Waals surface area (Å²) in [5.41, 5.74) is 1.73. The summed E-state index contributed by atoms with van der Waals surface area (Å²) in [4.78, 5) is 16.0. The molecule has 1 aliphatic heterocycles. The molecule has 3 aromatic rings. The zero-order valence-electron chi connectivity index (χ0n) is 19.6. The van der Waals surface area contributed by atoms with Crippen LogP contribution in [-0.4, -0.2) is 79.6 Å². The summed E-state index contributed by atoms with van der Waals surface area (Å²) in [6, 6.07) is 11.7. The van der Waals surface area contributed by atoms with Gasteiger partial charge in [-0.05, 0) is 43.4 Å². The number of rotatable bonds is 10. The summed E-state index contributed by atoms with van der Waals surface area (Å²) >= 11 is 0. The quantitative estimate of drug-likeness (QED) is 0.459. The highest BCUT2D eigenvalue weighted by Gasteiger charge is 2.21. The molecule has 0 atom stereocenters. The highest BCUT2D eigenvalue weighted by atomic mass is 16.5. The Morgan fingerprint density at radius 2 is 1.79 bits per heavy atom. The highest BCUT2D eigenvalue weighted by molar-refractivity contribution is 5.66. The second-order valence-electron chi connectivity index (χ2n) is 7.77. The normalized spacial score (nSPS) is 14.0. The molecule has 4 rings (SSSR count). The molecule has 2 aromatic heterocycles. The molecule has 0 unspecified atom stereocenters. The van der Waals surface area contributed by atoms with E-state index in [0.29, 0.717) is 25.0 Å². The summed E-state index contributed by atoms with van der Waals surface area (Å²) in [6.07, 6.45) is 1.80. The number of nitrogens with zero attached hydrogens (tertiary/aromatic N) is 6. The minimum Gasteiger partial charge on any atom is -0.497 e. The number of aromatic nitrogens is 3. The van der Waals surface area contributed by atoms with Crippen molar-refractivity contribution in [3.8, 4) is 17.0 Å². The van der Waals surface area contributed by atoms with Crippen LogP contribution < -0.4 is 14.5 Å². The first-order chi connectivity index (χ1) is 16.2. The van der Waals surface area contributed by atoms with Gasteiger partial charge in [0.1, 0.15) is 17.3 Å². The van der Waals surface area contributed by atoms with E-state index in [9.17, 15) is 0 Å². The van der Waals surface area contributed by atoms with Crippen molar-refractivity contribution >= 4 is 17.7 Å². The second kappa shape index (κ2) is 11.1. The second-order valence-corrected chi connectivity index (χ2v) is 7.77. The summed E-state index contributed by atoms with van der Waals surface area (Å²) in [5.74, 6) is 2.95. The summed E-state index contributed by atoms with van der Waals surface area (Å²) in [7, 11) is 1.66. The van der Waals surface area contributed by atoms with Gasteiger partial charge in [0.25, 0.3) is 0 Å². The van der Waals surface area contributed by atoms with Crippen molar-refractivity contribution in [2.75, 3.05) is 69.4 Å². The molecule has 0 saturated carbocycles. The number of likely N-dealkylation sites (N-methyl/N-ethyl adjacent to an activating group) is 1. The molecule has 3 heterocycles. The minimum absolute atomic E-state index is 0.652. The van der Waals surface area contributed by atoms with E-state index in [-0.39, 0.29) is 0 Å². The Balaban J connectivity index is 1.62. The number of ether oxygens (including phenoxy) is 2. The number of benzene rings is 1. The molecule has 1 fully saturated rings. The minimum atomic E-state index is 0.652. The Morgan fingerprint density at radius 1 is 1.03 bits per heavy atom. The predicted molar refractivity (Wildman–Crippen MR) is 128 cm³/mol. The molecule has 0 amide bonds. The zero-order chi connectivity index (χ0) is 23.0. The first-order valence-electron chi connectivity index (χ1n) is 11.5. The van der Waals surface area contributed by atoms with Crippen molar-refractivity contribution in [1.82, 2.24) is 20.0 Å². The van der Waals surface area contributed by atoms with Crippen LogP contribution in [0.15, 0.2) is 47.1 Å². The first-order valence-corrected chi connectivity index (χ1v) is 11.5. The van der Waals surface area contributed by atoms with Crippen molar-refractivity contribution in [1.29, 1.82) is 0 Å². The average Bonchev–Trinajstić information content (AvgIpc) is 3.37. The van der Waals surface area contributed by atoms with Gasteiger partial charge in [0.05, 0.1) is 20.3 Å². The lowest BCUT2D eigenvalue weighted by atomic mass is 10.1.